The largest absolute Gasteiger partial charge is 0.466 e. The second-order valence-electron chi connectivity index (χ2n) is 5.17. The third-order valence-electron chi connectivity index (χ3n) is 3.62. The van der Waals surface area contributed by atoms with Gasteiger partial charge in [-0.3, -0.25) is 4.79 Å². The molecular weight excluding hydrogens is 302 g/mol. The highest BCUT2D eigenvalue weighted by molar-refractivity contribution is 7.16. The number of fused-ring (bicyclic) bond motifs is 1. The number of carbonyl (C=O) groups is 1. The number of hydrogen-bond acceptors (Lipinski definition) is 7. The first-order valence-electron chi connectivity index (χ1n) is 7.41. The zero-order valence-corrected chi connectivity index (χ0v) is 13.6. The van der Waals surface area contributed by atoms with Gasteiger partial charge in [0.2, 0.25) is 0 Å². The van der Waals surface area contributed by atoms with Gasteiger partial charge in [0.25, 0.3) is 0 Å². The number of aromatic nitrogens is 2. The number of rotatable bonds is 4. The van der Waals surface area contributed by atoms with Crippen molar-refractivity contribution in [1.82, 2.24) is 9.97 Å². The van der Waals surface area contributed by atoms with Crippen molar-refractivity contribution in [2.24, 2.45) is 0 Å². The number of ether oxygens (including phenoxy) is 2. The van der Waals surface area contributed by atoms with Crippen molar-refractivity contribution < 1.29 is 14.3 Å². The van der Waals surface area contributed by atoms with Gasteiger partial charge in [0, 0.05) is 6.54 Å². The van der Waals surface area contributed by atoms with Crippen molar-refractivity contribution in [3.8, 4) is 0 Å². The fourth-order valence-electron chi connectivity index (χ4n) is 2.68. The van der Waals surface area contributed by atoms with Crippen LogP contribution in [-0.2, 0) is 14.3 Å². The molecule has 2 aromatic rings. The van der Waals surface area contributed by atoms with Crippen LogP contribution in [0.5, 0.6) is 0 Å². The minimum Gasteiger partial charge on any atom is -0.466 e. The highest BCUT2D eigenvalue weighted by Gasteiger charge is 2.28. The molecule has 1 aliphatic heterocycles. The van der Waals surface area contributed by atoms with E-state index in [2.05, 4.69) is 14.9 Å². The number of hydrogen-bond donors (Lipinski definition) is 0. The smallest absolute Gasteiger partial charge is 0.307 e. The van der Waals surface area contributed by atoms with E-state index >= 15 is 0 Å². The lowest BCUT2D eigenvalue weighted by Crippen LogP contribution is -2.47. The Morgan fingerprint density at radius 3 is 3.23 bits per heavy atom. The number of morpholine rings is 1. The van der Waals surface area contributed by atoms with Crippen molar-refractivity contribution >= 4 is 33.3 Å². The van der Waals surface area contributed by atoms with Crippen molar-refractivity contribution in [1.29, 1.82) is 0 Å². The van der Waals surface area contributed by atoms with Crippen LogP contribution in [0.25, 0.3) is 10.2 Å². The Labute approximate surface area is 133 Å². The summed E-state index contributed by atoms with van der Waals surface area (Å²) in [4.78, 5) is 24.0. The fraction of sp³-hybridized carbons (Fsp3) is 0.533. The van der Waals surface area contributed by atoms with Crippen LogP contribution in [-0.4, -0.2) is 48.3 Å². The van der Waals surface area contributed by atoms with Gasteiger partial charge in [0.15, 0.2) is 0 Å². The molecule has 0 N–H and O–H groups in total. The monoisotopic (exact) mass is 321 g/mol. The molecule has 1 aliphatic rings. The van der Waals surface area contributed by atoms with E-state index in [-0.39, 0.29) is 12.0 Å². The summed E-state index contributed by atoms with van der Waals surface area (Å²) < 4.78 is 10.6. The molecule has 0 aliphatic carbocycles. The predicted octanol–water partition coefficient (Wildman–Crippen LogP) is 2.16. The van der Waals surface area contributed by atoms with Gasteiger partial charge in [-0.05, 0) is 25.3 Å². The van der Waals surface area contributed by atoms with Gasteiger partial charge in [-0.15, -0.1) is 11.3 Å². The highest BCUT2D eigenvalue weighted by atomic mass is 32.1. The molecule has 0 spiro atoms. The SMILES string of the molecule is CCOC(=O)C[C@H]1COCCN1c1nc(C)nc2sccc12. The molecule has 7 heteroatoms. The van der Waals surface area contributed by atoms with Crippen molar-refractivity contribution in [3.05, 3.63) is 17.3 Å². The van der Waals surface area contributed by atoms with Gasteiger partial charge in [-0.2, -0.15) is 0 Å². The Morgan fingerprint density at radius 2 is 2.41 bits per heavy atom. The first-order valence-corrected chi connectivity index (χ1v) is 8.29. The maximum atomic E-state index is 11.8. The molecule has 3 heterocycles. The Morgan fingerprint density at radius 1 is 1.55 bits per heavy atom. The highest BCUT2D eigenvalue weighted by Crippen LogP contribution is 2.30. The molecule has 1 atom stereocenters. The summed E-state index contributed by atoms with van der Waals surface area (Å²) in [5.41, 5.74) is 0. The van der Waals surface area contributed by atoms with E-state index in [0.717, 1.165) is 21.9 Å². The Bertz CT molecular complexity index is 673. The first-order chi connectivity index (χ1) is 10.7. The van der Waals surface area contributed by atoms with Crippen LogP contribution in [0.4, 0.5) is 5.82 Å². The van der Waals surface area contributed by atoms with Crippen LogP contribution < -0.4 is 4.90 Å². The van der Waals surface area contributed by atoms with Crippen molar-refractivity contribution in [3.63, 3.8) is 0 Å². The van der Waals surface area contributed by atoms with Crippen molar-refractivity contribution in [2.45, 2.75) is 26.3 Å². The van der Waals surface area contributed by atoms with Gasteiger partial charge in [0.05, 0.1) is 37.7 Å². The molecule has 0 bridgehead atoms. The standard InChI is InChI=1S/C15H19N3O3S/c1-3-21-13(19)8-11-9-20-6-5-18(11)14-12-4-7-22-15(12)17-10(2)16-14/h4,7,11H,3,5-6,8-9H2,1-2H3/t11-/m0/s1. The Hall–Kier alpha value is -1.73. The fourth-order valence-corrected chi connectivity index (χ4v) is 3.48. The molecule has 22 heavy (non-hydrogen) atoms. The Kier molecular flexibility index (Phi) is 4.54. The summed E-state index contributed by atoms with van der Waals surface area (Å²) in [7, 11) is 0. The minimum absolute atomic E-state index is 0.0507. The summed E-state index contributed by atoms with van der Waals surface area (Å²) in [6.45, 7) is 5.96. The number of esters is 1. The molecule has 0 radical (unpaired) electrons. The van der Waals surface area contributed by atoms with Crippen LogP contribution in [0.15, 0.2) is 11.4 Å². The minimum atomic E-state index is -0.199. The zero-order valence-electron chi connectivity index (χ0n) is 12.7. The maximum absolute atomic E-state index is 11.8. The van der Waals surface area contributed by atoms with Gasteiger partial charge in [-0.1, -0.05) is 0 Å². The van der Waals surface area contributed by atoms with E-state index in [4.69, 9.17) is 9.47 Å². The lowest BCUT2D eigenvalue weighted by atomic mass is 10.1. The van der Waals surface area contributed by atoms with Crippen LogP contribution in [0, 0.1) is 6.92 Å². The second kappa shape index (κ2) is 6.58. The summed E-state index contributed by atoms with van der Waals surface area (Å²) in [6, 6.07) is 1.98. The van der Waals surface area contributed by atoms with E-state index in [1.54, 1.807) is 11.3 Å². The average Bonchev–Trinajstić information content (AvgIpc) is 2.95. The van der Waals surface area contributed by atoms with Crippen LogP contribution >= 0.6 is 11.3 Å². The third kappa shape index (κ3) is 3.05. The van der Waals surface area contributed by atoms with Crippen molar-refractivity contribution in [2.75, 3.05) is 31.3 Å². The van der Waals surface area contributed by atoms with E-state index < -0.39 is 0 Å². The number of aryl methyl sites for hydroxylation is 1. The van der Waals surface area contributed by atoms with Gasteiger partial charge < -0.3 is 14.4 Å². The van der Waals surface area contributed by atoms with Crippen LogP contribution in [0.1, 0.15) is 19.2 Å². The molecule has 3 rings (SSSR count). The number of carbonyl (C=O) groups excluding carboxylic acids is 1. The van der Waals surface area contributed by atoms with E-state index in [1.807, 2.05) is 25.3 Å². The van der Waals surface area contributed by atoms with E-state index in [9.17, 15) is 4.79 Å². The summed E-state index contributed by atoms with van der Waals surface area (Å²) in [6.07, 6.45) is 0.308. The predicted molar refractivity (Wildman–Crippen MR) is 85.4 cm³/mol. The molecule has 118 valence electrons. The topological polar surface area (TPSA) is 64.6 Å². The molecule has 0 saturated carbocycles. The average molecular weight is 321 g/mol. The zero-order chi connectivity index (χ0) is 15.5. The Balaban J connectivity index is 1.92. The quantitative estimate of drug-likeness (QED) is 0.804. The molecule has 2 aromatic heterocycles. The van der Waals surface area contributed by atoms with Crippen LogP contribution in [0.3, 0.4) is 0 Å². The molecular formula is C15H19N3O3S. The number of thiophene rings is 1. The first kappa shape index (κ1) is 15.2. The summed E-state index contributed by atoms with van der Waals surface area (Å²) in [5, 5.41) is 3.05. The molecule has 0 amide bonds. The molecule has 1 fully saturated rings. The number of nitrogens with zero attached hydrogens (tertiary/aromatic N) is 3. The summed E-state index contributed by atoms with van der Waals surface area (Å²) >= 11 is 1.60. The molecule has 6 nitrogen and oxygen atoms in total. The molecule has 0 aromatic carbocycles. The third-order valence-corrected chi connectivity index (χ3v) is 4.43. The van der Waals surface area contributed by atoms with Crippen LogP contribution in [0.2, 0.25) is 0 Å². The number of anilines is 1. The maximum Gasteiger partial charge on any atom is 0.307 e. The van der Waals surface area contributed by atoms with Gasteiger partial charge in [-0.25, -0.2) is 9.97 Å². The van der Waals surface area contributed by atoms with Gasteiger partial charge in [0.1, 0.15) is 16.5 Å². The van der Waals surface area contributed by atoms with E-state index in [0.29, 0.717) is 32.8 Å². The molecule has 1 saturated heterocycles. The lowest BCUT2D eigenvalue weighted by Gasteiger charge is -2.36. The second-order valence-corrected chi connectivity index (χ2v) is 6.06. The normalized spacial score (nSPS) is 18.6. The summed E-state index contributed by atoms with van der Waals surface area (Å²) in [5.74, 6) is 1.43. The molecule has 0 unspecified atom stereocenters. The lowest BCUT2D eigenvalue weighted by molar-refractivity contribution is -0.144. The van der Waals surface area contributed by atoms with Gasteiger partial charge >= 0.3 is 5.97 Å². The van der Waals surface area contributed by atoms with E-state index in [1.165, 1.54) is 0 Å².